The Morgan fingerprint density at radius 3 is 2.37 bits per heavy atom. The number of fused-ring (bicyclic) bond motifs is 1. The van der Waals surface area contributed by atoms with Gasteiger partial charge in [0.25, 0.3) is 0 Å². The Balaban J connectivity index is 1.52. The van der Waals surface area contributed by atoms with Gasteiger partial charge in [0.1, 0.15) is 6.33 Å². The van der Waals surface area contributed by atoms with E-state index in [0.29, 0.717) is 6.61 Å². The molecule has 0 atom stereocenters. The molecule has 0 saturated carbocycles. The third kappa shape index (κ3) is 3.55. The molecule has 9 nitrogen and oxygen atoms in total. The zero-order valence-electron chi connectivity index (χ0n) is 16.0. The summed E-state index contributed by atoms with van der Waals surface area (Å²) in [5.41, 5.74) is 3.68. The van der Waals surface area contributed by atoms with E-state index in [1.807, 2.05) is 30.8 Å². The highest BCUT2D eigenvalue weighted by molar-refractivity contribution is 5.83. The van der Waals surface area contributed by atoms with Crippen LogP contribution in [0.5, 0.6) is 0 Å². The normalized spacial score (nSPS) is 14.9. The lowest BCUT2D eigenvalue weighted by molar-refractivity contribution is 0.188. The van der Waals surface area contributed by atoms with Crippen LogP contribution in [0.3, 0.4) is 0 Å². The van der Waals surface area contributed by atoms with Crippen molar-refractivity contribution in [1.29, 1.82) is 0 Å². The number of aromatic nitrogens is 6. The van der Waals surface area contributed by atoms with Crippen molar-refractivity contribution in [3.63, 3.8) is 0 Å². The van der Waals surface area contributed by atoms with Crippen LogP contribution in [0.2, 0.25) is 0 Å². The van der Waals surface area contributed by atoms with Crippen molar-refractivity contribution in [2.45, 2.75) is 20.4 Å². The molecule has 0 amide bonds. The van der Waals surface area contributed by atoms with Crippen LogP contribution >= 0.6 is 0 Å². The maximum absolute atomic E-state index is 5.16. The van der Waals surface area contributed by atoms with Gasteiger partial charge in [-0.15, -0.1) is 0 Å². The second kappa shape index (κ2) is 7.43. The van der Waals surface area contributed by atoms with Gasteiger partial charge >= 0.3 is 0 Å². The molecule has 1 aliphatic rings. The van der Waals surface area contributed by atoms with Crippen LogP contribution in [0.15, 0.2) is 18.7 Å². The highest BCUT2D eigenvalue weighted by atomic mass is 16.5. The molecule has 0 spiro atoms. The number of anilines is 2. The van der Waals surface area contributed by atoms with Gasteiger partial charge < -0.3 is 19.1 Å². The van der Waals surface area contributed by atoms with Crippen LogP contribution in [0.25, 0.3) is 11.2 Å². The van der Waals surface area contributed by atoms with E-state index in [4.69, 9.17) is 4.74 Å². The third-order valence-corrected chi connectivity index (χ3v) is 4.75. The molecule has 0 aromatic carbocycles. The zero-order chi connectivity index (χ0) is 18.8. The molecule has 0 N–H and O–H groups in total. The molecule has 3 aromatic heterocycles. The standard InChI is InChI=1S/C18H24N8O/c1-13-10-14(2)23-18(22-13)25-6-4-24(5-7-25)16-15-17(20-11-19-16)26(12-21-15)8-9-27-3/h10-12H,4-9H2,1-3H3. The van der Waals surface area contributed by atoms with Crippen molar-refractivity contribution >= 4 is 22.9 Å². The van der Waals surface area contributed by atoms with Crippen molar-refractivity contribution in [3.8, 4) is 0 Å². The quantitative estimate of drug-likeness (QED) is 0.664. The van der Waals surface area contributed by atoms with Gasteiger partial charge in [-0.05, 0) is 19.9 Å². The molecule has 27 heavy (non-hydrogen) atoms. The molecule has 4 rings (SSSR count). The summed E-state index contributed by atoms with van der Waals surface area (Å²) in [4.78, 5) is 27.1. The van der Waals surface area contributed by atoms with Gasteiger partial charge in [0.2, 0.25) is 5.95 Å². The number of aryl methyl sites for hydroxylation is 2. The second-order valence-corrected chi connectivity index (χ2v) is 6.73. The minimum atomic E-state index is 0.624. The summed E-state index contributed by atoms with van der Waals surface area (Å²) >= 11 is 0. The first-order valence-electron chi connectivity index (χ1n) is 9.12. The molecular weight excluding hydrogens is 344 g/mol. The summed E-state index contributed by atoms with van der Waals surface area (Å²) < 4.78 is 7.17. The van der Waals surface area contributed by atoms with Crippen LogP contribution in [0.1, 0.15) is 11.4 Å². The van der Waals surface area contributed by atoms with Gasteiger partial charge in [-0.25, -0.2) is 24.9 Å². The largest absolute Gasteiger partial charge is 0.383 e. The van der Waals surface area contributed by atoms with Crippen molar-refractivity contribution < 1.29 is 4.74 Å². The summed E-state index contributed by atoms with van der Waals surface area (Å²) in [6.45, 7) is 8.73. The predicted octanol–water partition coefficient (Wildman–Crippen LogP) is 1.21. The highest BCUT2D eigenvalue weighted by Gasteiger charge is 2.23. The molecule has 4 heterocycles. The van der Waals surface area contributed by atoms with Crippen molar-refractivity contribution in [2.24, 2.45) is 0 Å². The maximum atomic E-state index is 5.16. The topological polar surface area (TPSA) is 85.1 Å². The molecule has 3 aromatic rings. The second-order valence-electron chi connectivity index (χ2n) is 6.73. The first-order valence-corrected chi connectivity index (χ1v) is 9.12. The Morgan fingerprint density at radius 2 is 1.67 bits per heavy atom. The number of imidazole rings is 1. The molecule has 0 aliphatic carbocycles. The molecular formula is C18H24N8O. The molecule has 142 valence electrons. The van der Waals surface area contributed by atoms with Gasteiger partial charge in [0.15, 0.2) is 17.0 Å². The summed E-state index contributed by atoms with van der Waals surface area (Å²) in [7, 11) is 1.69. The van der Waals surface area contributed by atoms with E-state index >= 15 is 0 Å². The number of ether oxygens (including phenoxy) is 1. The number of nitrogens with zero attached hydrogens (tertiary/aromatic N) is 8. The number of methoxy groups -OCH3 is 1. The van der Waals surface area contributed by atoms with E-state index < -0.39 is 0 Å². The average molecular weight is 368 g/mol. The number of hydrogen-bond acceptors (Lipinski definition) is 8. The summed E-state index contributed by atoms with van der Waals surface area (Å²) in [6.07, 6.45) is 3.42. The van der Waals surface area contributed by atoms with Crippen LogP contribution in [0.4, 0.5) is 11.8 Å². The average Bonchev–Trinajstić information content (AvgIpc) is 3.09. The van der Waals surface area contributed by atoms with Crippen LogP contribution in [0, 0.1) is 13.8 Å². The van der Waals surface area contributed by atoms with Crippen LogP contribution in [-0.2, 0) is 11.3 Å². The lowest BCUT2D eigenvalue weighted by Gasteiger charge is -2.35. The maximum Gasteiger partial charge on any atom is 0.225 e. The molecule has 9 heteroatoms. The highest BCUT2D eigenvalue weighted by Crippen LogP contribution is 2.23. The molecule has 0 bridgehead atoms. The molecule has 1 fully saturated rings. The number of hydrogen-bond donors (Lipinski definition) is 0. The van der Waals surface area contributed by atoms with E-state index in [1.165, 1.54) is 0 Å². The summed E-state index contributed by atoms with van der Waals surface area (Å²) in [6, 6.07) is 2.00. The Morgan fingerprint density at radius 1 is 0.963 bits per heavy atom. The van der Waals surface area contributed by atoms with E-state index in [2.05, 4.69) is 34.7 Å². The Kier molecular flexibility index (Phi) is 4.85. The van der Waals surface area contributed by atoms with E-state index in [-0.39, 0.29) is 0 Å². The first-order chi connectivity index (χ1) is 13.2. The summed E-state index contributed by atoms with van der Waals surface area (Å²) in [5.74, 6) is 1.70. The summed E-state index contributed by atoms with van der Waals surface area (Å²) in [5, 5.41) is 0. The fourth-order valence-corrected chi connectivity index (χ4v) is 3.42. The third-order valence-electron chi connectivity index (χ3n) is 4.75. The molecule has 0 unspecified atom stereocenters. The minimum Gasteiger partial charge on any atom is -0.383 e. The van der Waals surface area contributed by atoms with Gasteiger partial charge in [-0.3, -0.25) is 0 Å². The number of rotatable bonds is 5. The molecule has 0 radical (unpaired) electrons. The lowest BCUT2D eigenvalue weighted by atomic mass is 10.3. The van der Waals surface area contributed by atoms with Gasteiger partial charge in [-0.1, -0.05) is 0 Å². The Hall–Kier alpha value is -2.81. The zero-order valence-corrected chi connectivity index (χ0v) is 16.0. The van der Waals surface area contributed by atoms with Crippen LogP contribution in [-0.4, -0.2) is 69.4 Å². The van der Waals surface area contributed by atoms with E-state index in [9.17, 15) is 0 Å². The molecule has 1 aliphatic heterocycles. The van der Waals surface area contributed by atoms with E-state index in [0.717, 1.165) is 67.0 Å². The Labute approximate surface area is 158 Å². The van der Waals surface area contributed by atoms with Gasteiger partial charge in [0.05, 0.1) is 12.9 Å². The molecule has 1 saturated heterocycles. The lowest BCUT2D eigenvalue weighted by Crippen LogP contribution is -2.47. The smallest absolute Gasteiger partial charge is 0.225 e. The fraction of sp³-hybridized carbons (Fsp3) is 0.500. The van der Waals surface area contributed by atoms with Crippen molar-refractivity contribution in [1.82, 2.24) is 29.5 Å². The van der Waals surface area contributed by atoms with Crippen molar-refractivity contribution in [3.05, 3.63) is 30.1 Å². The fourth-order valence-electron chi connectivity index (χ4n) is 3.42. The predicted molar refractivity (Wildman–Crippen MR) is 103 cm³/mol. The van der Waals surface area contributed by atoms with Crippen molar-refractivity contribution in [2.75, 3.05) is 49.7 Å². The Bertz CT molecular complexity index is 912. The first kappa shape index (κ1) is 17.6. The van der Waals surface area contributed by atoms with E-state index in [1.54, 1.807) is 13.4 Å². The van der Waals surface area contributed by atoms with Crippen LogP contribution < -0.4 is 9.80 Å². The minimum absolute atomic E-state index is 0.624. The van der Waals surface area contributed by atoms with Gasteiger partial charge in [-0.2, -0.15) is 0 Å². The number of piperazine rings is 1. The van der Waals surface area contributed by atoms with Gasteiger partial charge in [0, 0.05) is 51.2 Å². The monoisotopic (exact) mass is 368 g/mol. The SMILES string of the molecule is COCCn1cnc2c(N3CCN(c4nc(C)cc(C)n4)CC3)ncnc21.